The van der Waals surface area contributed by atoms with E-state index >= 15 is 0 Å². The summed E-state index contributed by atoms with van der Waals surface area (Å²) in [6.45, 7) is 4.12. The molecule has 1 aromatic rings. The third-order valence-corrected chi connectivity index (χ3v) is 2.31. The van der Waals surface area contributed by atoms with Gasteiger partial charge in [0.05, 0.1) is 0 Å². The van der Waals surface area contributed by atoms with Crippen LogP contribution in [0.15, 0.2) is 24.3 Å². The van der Waals surface area contributed by atoms with Crippen LogP contribution in [0.25, 0.3) is 0 Å². The first-order chi connectivity index (χ1) is 7.27. The van der Waals surface area contributed by atoms with E-state index in [0.717, 1.165) is 24.8 Å². The summed E-state index contributed by atoms with van der Waals surface area (Å²) in [7, 11) is 0. The second-order valence-corrected chi connectivity index (χ2v) is 3.54. The number of ether oxygens (including phenoxy) is 1. The molecule has 0 radical (unpaired) electrons. The van der Waals surface area contributed by atoms with Gasteiger partial charge in [-0.25, -0.2) is 0 Å². The summed E-state index contributed by atoms with van der Waals surface area (Å²) in [6.07, 6.45) is 3.31. The molecule has 0 fully saturated rings. The summed E-state index contributed by atoms with van der Waals surface area (Å²) in [5.41, 5.74) is 1.09. The highest BCUT2D eigenvalue weighted by atomic mass is 16.5. The molecule has 1 aromatic carbocycles. The van der Waals surface area contributed by atoms with E-state index in [1.54, 1.807) is 0 Å². The fraction of sp³-hybridized carbons (Fsp3) is 0.462. The first-order valence-electron chi connectivity index (χ1n) is 5.56. The van der Waals surface area contributed by atoms with E-state index in [9.17, 15) is 4.79 Å². The number of hydrogen-bond acceptors (Lipinski definition) is 2. The Balaban J connectivity index is 2.59. The topological polar surface area (TPSA) is 26.3 Å². The summed E-state index contributed by atoms with van der Waals surface area (Å²) in [5.74, 6) is 0.582. The van der Waals surface area contributed by atoms with Crippen LogP contribution in [0.3, 0.4) is 0 Å². The van der Waals surface area contributed by atoms with E-state index in [1.807, 2.05) is 24.3 Å². The minimum Gasteiger partial charge on any atom is -0.426 e. The standard InChI is InChI=1S/C13H18O2/c1-3-5-10-13(14)15-12-9-7-6-8-11(12)4-2/h6-9H,3-5,10H2,1-2H3. The quantitative estimate of drug-likeness (QED) is 0.545. The molecule has 0 saturated heterocycles. The van der Waals surface area contributed by atoms with Gasteiger partial charge in [0.1, 0.15) is 5.75 Å². The molecule has 0 aliphatic carbocycles. The average molecular weight is 206 g/mol. The maximum atomic E-state index is 11.4. The fourth-order valence-electron chi connectivity index (χ4n) is 1.39. The predicted molar refractivity (Wildman–Crippen MR) is 61.0 cm³/mol. The molecule has 82 valence electrons. The number of benzene rings is 1. The second kappa shape index (κ2) is 6.23. The van der Waals surface area contributed by atoms with Gasteiger partial charge in [-0.3, -0.25) is 4.79 Å². The molecule has 0 aromatic heterocycles. The van der Waals surface area contributed by atoms with Gasteiger partial charge in [-0.15, -0.1) is 0 Å². The summed E-state index contributed by atoms with van der Waals surface area (Å²) >= 11 is 0. The Bertz CT molecular complexity index is 318. The first-order valence-corrected chi connectivity index (χ1v) is 5.56. The molecule has 1 rings (SSSR count). The monoisotopic (exact) mass is 206 g/mol. The van der Waals surface area contributed by atoms with Crippen LogP contribution < -0.4 is 4.74 Å². The van der Waals surface area contributed by atoms with Crippen molar-refractivity contribution in [1.82, 2.24) is 0 Å². The Morgan fingerprint density at radius 1 is 1.27 bits per heavy atom. The normalized spacial score (nSPS) is 10.0. The van der Waals surface area contributed by atoms with Crippen molar-refractivity contribution < 1.29 is 9.53 Å². The zero-order valence-electron chi connectivity index (χ0n) is 9.45. The van der Waals surface area contributed by atoms with E-state index in [0.29, 0.717) is 12.2 Å². The lowest BCUT2D eigenvalue weighted by Crippen LogP contribution is -2.08. The molecule has 2 nitrogen and oxygen atoms in total. The van der Waals surface area contributed by atoms with E-state index in [4.69, 9.17) is 4.74 Å². The van der Waals surface area contributed by atoms with E-state index in [2.05, 4.69) is 13.8 Å². The summed E-state index contributed by atoms with van der Waals surface area (Å²) in [5, 5.41) is 0. The maximum absolute atomic E-state index is 11.4. The van der Waals surface area contributed by atoms with Crippen LogP contribution in [0.5, 0.6) is 5.75 Å². The fourth-order valence-corrected chi connectivity index (χ4v) is 1.39. The molecule has 0 atom stereocenters. The Kier molecular flexibility index (Phi) is 4.88. The van der Waals surface area contributed by atoms with Crippen molar-refractivity contribution in [2.24, 2.45) is 0 Å². The van der Waals surface area contributed by atoms with Crippen LogP contribution >= 0.6 is 0 Å². The summed E-state index contributed by atoms with van der Waals surface area (Å²) in [6, 6.07) is 7.69. The van der Waals surface area contributed by atoms with Crippen LogP contribution in [-0.2, 0) is 11.2 Å². The molecule has 0 heterocycles. The SMILES string of the molecule is CCCCC(=O)Oc1ccccc1CC. The van der Waals surface area contributed by atoms with Crippen LogP contribution in [-0.4, -0.2) is 5.97 Å². The van der Waals surface area contributed by atoms with Gasteiger partial charge in [-0.1, -0.05) is 38.5 Å². The third-order valence-electron chi connectivity index (χ3n) is 2.31. The number of rotatable bonds is 5. The molecule has 0 unspecified atom stereocenters. The van der Waals surface area contributed by atoms with Gasteiger partial charge in [0, 0.05) is 6.42 Å². The number of carbonyl (C=O) groups is 1. The van der Waals surface area contributed by atoms with Gasteiger partial charge < -0.3 is 4.74 Å². The number of carbonyl (C=O) groups excluding carboxylic acids is 1. The number of hydrogen-bond donors (Lipinski definition) is 0. The number of esters is 1. The van der Waals surface area contributed by atoms with Crippen molar-refractivity contribution in [3.63, 3.8) is 0 Å². The average Bonchev–Trinajstić information content (AvgIpc) is 2.27. The second-order valence-electron chi connectivity index (χ2n) is 3.54. The van der Waals surface area contributed by atoms with Crippen LogP contribution in [0, 0.1) is 0 Å². The van der Waals surface area contributed by atoms with Gasteiger partial charge in [-0.2, -0.15) is 0 Å². The third kappa shape index (κ3) is 3.74. The summed E-state index contributed by atoms with van der Waals surface area (Å²) < 4.78 is 5.30. The van der Waals surface area contributed by atoms with Gasteiger partial charge in [-0.05, 0) is 24.5 Å². The first kappa shape index (κ1) is 11.8. The lowest BCUT2D eigenvalue weighted by Gasteiger charge is -2.07. The molecular formula is C13H18O2. The van der Waals surface area contributed by atoms with E-state index in [-0.39, 0.29) is 5.97 Å². The highest BCUT2D eigenvalue weighted by Crippen LogP contribution is 2.18. The van der Waals surface area contributed by atoms with Crippen molar-refractivity contribution in [3.05, 3.63) is 29.8 Å². The van der Waals surface area contributed by atoms with Gasteiger partial charge in [0.25, 0.3) is 0 Å². The van der Waals surface area contributed by atoms with Crippen LogP contribution in [0.1, 0.15) is 38.7 Å². The Labute approximate surface area is 91.3 Å². The molecule has 0 aliphatic heterocycles. The molecule has 2 heteroatoms. The van der Waals surface area contributed by atoms with Crippen molar-refractivity contribution >= 4 is 5.97 Å². The molecule has 0 bridgehead atoms. The smallest absolute Gasteiger partial charge is 0.311 e. The predicted octanol–water partition coefficient (Wildman–Crippen LogP) is 3.34. The minimum absolute atomic E-state index is 0.127. The zero-order chi connectivity index (χ0) is 11.1. The van der Waals surface area contributed by atoms with Gasteiger partial charge in [0.2, 0.25) is 0 Å². The number of aryl methyl sites for hydroxylation is 1. The highest BCUT2D eigenvalue weighted by molar-refractivity contribution is 5.72. The highest BCUT2D eigenvalue weighted by Gasteiger charge is 2.06. The Morgan fingerprint density at radius 2 is 2.00 bits per heavy atom. The number of unbranched alkanes of at least 4 members (excludes halogenated alkanes) is 1. The maximum Gasteiger partial charge on any atom is 0.311 e. The molecule has 0 N–H and O–H groups in total. The largest absolute Gasteiger partial charge is 0.426 e. The summed E-state index contributed by atoms with van der Waals surface area (Å²) in [4.78, 5) is 11.4. The van der Waals surface area contributed by atoms with Crippen molar-refractivity contribution in [2.45, 2.75) is 39.5 Å². The van der Waals surface area contributed by atoms with E-state index < -0.39 is 0 Å². The number of para-hydroxylation sites is 1. The van der Waals surface area contributed by atoms with Crippen molar-refractivity contribution in [3.8, 4) is 5.75 Å². The molecule has 0 spiro atoms. The molecule has 0 amide bonds. The van der Waals surface area contributed by atoms with Crippen LogP contribution in [0.2, 0.25) is 0 Å². The Hall–Kier alpha value is -1.31. The zero-order valence-corrected chi connectivity index (χ0v) is 9.45. The Morgan fingerprint density at radius 3 is 2.67 bits per heavy atom. The molecular weight excluding hydrogens is 188 g/mol. The van der Waals surface area contributed by atoms with Crippen LogP contribution in [0.4, 0.5) is 0 Å². The molecule has 15 heavy (non-hydrogen) atoms. The minimum atomic E-state index is -0.127. The molecule has 0 saturated carbocycles. The lowest BCUT2D eigenvalue weighted by molar-refractivity contribution is -0.134. The van der Waals surface area contributed by atoms with Crippen molar-refractivity contribution in [2.75, 3.05) is 0 Å². The van der Waals surface area contributed by atoms with Crippen molar-refractivity contribution in [1.29, 1.82) is 0 Å². The van der Waals surface area contributed by atoms with Gasteiger partial charge >= 0.3 is 5.97 Å². The lowest BCUT2D eigenvalue weighted by atomic mass is 10.1. The molecule has 0 aliphatic rings. The van der Waals surface area contributed by atoms with E-state index in [1.165, 1.54) is 0 Å². The van der Waals surface area contributed by atoms with Gasteiger partial charge in [0.15, 0.2) is 0 Å².